The number of Topliss-reactive ketones (excluding diaryl/α,β-unsaturated/α-hetero) is 1. The fraction of sp³-hybridized carbons (Fsp3) is 0.857. The molecule has 30 heavy (non-hydrogen) atoms. The topological polar surface area (TPSA) is 157 Å². The van der Waals surface area contributed by atoms with Crippen LogP contribution in [0.25, 0.3) is 0 Å². The third-order valence-electron chi connectivity index (χ3n) is 7.22. The summed E-state index contributed by atoms with van der Waals surface area (Å²) >= 11 is 0. The zero-order chi connectivity index (χ0) is 22.6. The largest absolute Gasteiger partial charge is 0.394 e. The van der Waals surface area contributed by atoms with Crippen molar-refractivity contribution in [2.24, 2.45) is 11.8 Å². The smallest absolute Gasteiger partial charge is 0.187 e. The Balaban J connectivity index is 1.95. The number of ether oxygens (including phenoxy) is 2. The molecule has 0 aromatic heterocycles. The quantitative estimate of drug-likeness (QED) is 0.329. The van der Waals surface area contributed by atoms with E-state index < -0.39 is 54.6 Å². The average molecular weight is 430 g/mol. The Labute approximate surface area is 175 Å². The Kier molecular flexibility index (Phi) is 6.50. The van der Waals surface area contributed by atoms with E-state index in [0.717, 1.165) is 5.57 Å². The number of carbonyl (C=O) groups is 1. The Bertz CT molecular complexity index is 697. The van der Waals surface area contributed by atoms with Crippen molar-refractivity contribution in [3.05, 3.63) is 11.1 Å². The van der Waals surface area contributed by atoms with Crippen molar-refractivity contribution in [2.75, 3.05) is 6.61 Å². The van der Waals surface area contributed by atoms with Gasteiger partial charge in [0.25, 0.3) is 0 Å². The van der Waals surface area contributed by atoms with Crippen molar-refractivity contribution >= 4 is 5.78 Å². The van der Waals surface area contributed by atoms with Gasteiger partial charge in [-0.15, -0.1) is 0 Å². The average Bonchev–Trinajstić information content (AvgIpc) is 2.88. The van der Waals surface area contributed by atoms with Crippen LogP contribution < -0.4 is 0 Å². The monoisotopic (exact) mass is 430 g/mol. The summed E-state index contributed by atoms with van der Waals surface area (Å²) in [6.07, 6.45) is -7.70. The molecule has 1 aliphatic heterocycles. The Morgan fingerprint density at radius 3 is 2.40 bits per heavy atom. The number of hydrogen-bond acceptors (Lipinski definition) is 9. The second kappa shape index (κ2) is 8.22. The fourth-order valence-electron chi connectivity index (χ4n) is 4.96. The van der Waals surface area contributed by atoms with Crippen molar-refractivity contribution in [3.8, 4) is 0 Å². The zero-order valence-corrected chi connectivity index (χ0v) is 17.9. The molecule has 172 valence electrons. The molecule has 0 spiro atoms. The molecule has 0 aromatic carbocycles. The summed E-state index contributed by atoms with van der Waals surface area (Å²) in [6, 6.07) is 0. The molecule has 9 heteroatoms. The summed E-state index contributed by atoms with van der Waals surface area (Å²) in [5, 5.41) is 62.3. The first-order valence-electron chi connectivity index (χ1n) is 10.4. The summed E-state index contributed by atoms with van der Waals surface area (Å²) < 4.78 is 11.4. The number of fused-ring (bicyclic) bond motifs is 1. The third-order valence-corrected chi connectivity index (χ3v) is 7.22. The zero-order valence-electron chi connectivity index (χ0n) is 17.9. The molecule has 1 heterocycles. The van der Waals surface area contributed by atoms with Crippen molar-refractivity contribution < 1.29 is 44.9 Å². The van der Waals surface area contributed by atoms with Gasteiger partial charge in [-0.1, -0.05) is 12.5 Å². The summed E-state index contributed by atoms with van der Waals surface area (Å²) in [7, 11) is 0. The molecule has 9 atom stereocenters. The van der Waals surface area contributed by atoms with Gasteiger partial charge in [0.15, 0.2) is 12.1 Å². The SMILES string of the molecule is CC1=C2C[C@](O)(C(C)(C)O)[C@H](O[C@@H]3O[C@H](CO)[C@@H](O)[C@H](O)[C@H]3O)C[C@H](C)[C@@H]2CC1=O. The van der Waals surface area contributed by atoms with Crippen molar-refractivity contribution in [1.82, 2.24) is 0 Å². The summed E-state index contributed by atoms with van der Waals surface area (Å²) in [5.41, 5.74) is -2.03. The fourth-order valence-corrected chi connectivity index (χ4v) is 4.96. The maximum atomic E-state index is 12.3. The number of rotatable bonds is 4. The minimum absolute atomic E-state index is 0.0190. The molecule has 1 saturated carbocycles. The molecule has 6 N–H and O–H groups in total. The maximum Gasteiger partial charge on any atom is 0.187 e. The van der Waals surface area contributed by atoms with Gasteiger partial charge in [0.2, 0.25) is 0 Å². The second-order valence-corrected chi connectivity index (χ2v) is 9.58. The molecule has 3 rings (SSSR count). The van der Waals surface area contributed by atoms with Crippen molar-refractivity contribution in [2.45, 2.75) is 95.0 Å². The molecule has 2 aliphatic carbocycles. The summed E-state index contributed by atoms with van der Waals surface area (Å²) in [4.78, 5) is 12.3. The van der Waals surface area contributed by atoms with E-state index in [9.17, 15) is 35.4 Å². The Morgan fingerprint density at radius 1 is 1.20 bits per heavy atom. The predicted octanol–water partition coefficient (Wildman–Crippen LogP) is -0.991. The van der Waals surface area contributed by atoms with Crippen molar-refractivity contribution in [3.63, 3.8) is 0 Å². The van der Waals surface area contributed by atoms with Crippen LogP contribution in [0.1, 0.15) is 47.0 Å². The first kappa shape index (κ1) is 23.7. The number of allylic oxidation sites excluding steroid dienone is 1. The van der Waals surface area contributed by atoms with E-state index in [1.54, 1.807) is 6.92 Å². The van der Waals surface area contributed by atoms with Crippen LogP contribution in [0.3, 0.4) is 0 Å². The van der Waals surface area contributed by atoms with Crippen LogP contribution in [-0.2, 0) is 14.3 Å². The van der Waals surface area contributed by atoms with Crippen LogP contribution in [0.15, 0.2) is 11.1 Å². The van der Waals surface area contributed by atoms with Gasteiger partial charge in [-0.2, -0.15) is 0 Å². The highest BCUT2D eigenvalue weighted by Crippen LogP contribution is 2.49. The molecule has 2 fully saturated rings. The highest BCUT2D eigenvalue weighted by atomic mass is 16.7. The van der Waals surface area contributed by atoms with E-state index in [1.807, 2.05) is 6.92 Å². The van der Waals surface area contributed by atoms with E-state index in [-0.39, 0.29) is 30.5 Å². The lowest BCUT2D eigenvalue weighted by Gasteiger charge is -2.47. The molecule has 1 saturated heterocycles. The molecule has 0 radical (unpaired) electrons. The van der Waals surface area contributed by atoms with E-state index in [1.165, 1.54) is 13.8 Å². The molecule has 0 unspecified atom stereocenters. The second-order valence-electron chi connectivity index (χ2n) is 9.58. The number of ketones is 1. The number of hydrogen-bond donors (Lipinski definition) is 6. The van der Waals surface area contributed by atoms with Gasteiger partial charge in [-0.05, 0) is 44.6 Å². The van der Waals surface area contributed by atoms with Gasteiger partial charge in [-0.25, -0.2) is 0 Å². The van der Waals surface area contributed by atoms with Crippen LogP contribution in [-0.4, -0.2) is 91.0 Å². The summed E-state index contributed by atoms with van der Waals surface area (Å²) in [5.74, 6) is -0.101. The molecule has 3 aliphatic rings. The predicted molar refractivity (Wildman–Crippen MR) is 104 cm³/mol. The Morgan fingerprint density at radius 2 is 1.83 bits per heavy atom. The molecule has 0 amide bonds. The molecule has 0 bridgehead atoms. The number of aliphatic hydroxyl groups is 6. The van der Waals surface area contributed by atoms with E-state index in [4.69, 9.17) is 9.47 Å². The minimum atomic E-state index is -1.81. The number of aliphatic hydroxyl groups excluding tert-OH is 4. The van der Waals surface area contributed by atoms with Crippen LogP contribution >= 0.6 is 0 Å². The van der Waals surface area contributed by atoms with E-state index in [2.05, 4.69) is 0 Å². The lowest BCUT2D eigenvalue weighted by atomic mass is 9.76. The molecular weight excluding hydrogens is 396 g/mol. The van der Waals surface area contributed by atoms with Gasteiger partial charge in [0.05, 0.1) is 18.3 Å². The van der Waals surface area contributed by atoms with Crippen LogP contribution in [0.4, 0.5) is 0 Å². The Hall–Kier alpha value is -0.910. The van der Waals surface area contributed by atoms with E-state index in [0.29, 0.717) is 12.0 Å². The number of carbonyl (C=O) groups excluding carboxylic acids is 1. The minimum Gasteiger partial charge on any atom is -0.394 e. The lowest BCUT2D eigenvalue weighted by Crippen LogP contribution is -2.64. The normalized spacial score (nSPS) is 45.5. The van der Waals surface area contributed by atoms with Crippen LogP contribution in [0.5, 0.6) is 0 Å². The standard InChI is InChI=1S/C21H34O9/c1-9-5-15(30-19-18(26)17(25)16(24)14(8-22)29-19)21(28,20(3,4)27)7-12-10(2)13(23)6-11(9)12/h9,11,14-19,22,24-28H,5-8H2,1-4H3/t9-,11-,14+,15+,16+,17-,18+,19-,21+/m0/s1. The molecule has 9 nitrogen and oxygen atoms in total. The lowest BCUT2D eigenvalue weighted by molar-refractivity contribution is -0.333. The van der Waals surface area contributed by atoms with Gasteiger partial charge in [0.1, 0.15) is 30.0 Å². The first-order chi connectivity index (χ1) is 13.8. The van der Waals surface area contributed by atoms with Gasteiger partial charge < -0.3 is 40.1 Å². The van der Waals surface area contributed by atoms with Gasteiger partial charge in [0, 0.05) is 12.8 Å². The van der Waals surface area contributed by atoms with Crippen LogP contribution in [0.2, 0.25) is 0 Å². The molecular formula is C21H34O9. The molecule has 0 aromatic rings. The van der Waals surface area contributed by atoms with E-state index >= 15 is 0 Å². The van der Waals surface area contributed by atoms with Crippen LogP contribution in [0, 0.1) is 11.8 Å². The van der Waals surface area contributed by atoms with Gasteiger partial charge >= 0.3 is 0 Å². The highest BCUT2D eigenvalue weighted by Gasteiger charge is 2.56. The van der Waals surface area contributed by atoms with Crippen molar-refractivity contribution in [1.29, 1.82) is 0 Å². The highest BCUT2D eigenvalue weighted by molar-refractivity contribution is 5.98. The first-order valence-corrected chi connectivity index (χ1v) is 10.4. The van der Waals surface area contributed by atoms with Gasteiger partial charge in [-0.3, -0.25) is 4.79 Å². The third kappa shape index (κ3) is 3.86. The summed E-state index contributed by atoms with van der Waals surface area (Å²) in [6.45, 7) is 5.98. The maximum absolute atomic E-state index is 12.3.